The number of anilines is 3. The molecule has 0 aliphatic heterocycles. The first-order chi connectivity index (χ1) is 16.8. The number of hydrogen-bond acceptors (Lipinski definition) is 9. The average Bonchev–Trinajstić information content (AvgIpc) is 3.55. The largest absolute Gasteiger partial charge is 0.384 e. The fourth-order valence-corrected chi connectivity index (χ4v) is 6.91. The van der Waals surface area contributed by atoms with Crippen LogP contribution in [0.25, 0.3) is 11.4 Å². The fourth-order valence-electron chi connectivity index (χ4n) is 3.65. The van der Waals surface area contributed by atoms with E-state index < -0.39 is 20.6 Å². The van der Waals surface area contributed by atoms with Crippen molar-refractivity contribution >= 4 is 44.5 Å². The molecule has 35 heavy (non-hydrogen) atoms. The minimum atomic E-state index is -3.72. The van der Waals surface area contributed by atoms with Gasteiger partial charge in [0.25, 0.3) is 0 Å². The van der Waals surface area contributed by atoms with E-state index >= 15 is 0 Å². The SMILES string of the molecule is Cc1csc(S(=O)(=O)C2(c3cc(N)nc(-c4ccc(NC(=O)Nc5ccccn5)cc4)n3)CC2)n1. The van der Waals surface area contributed by atoms with E-state index in [0.29, 0.717) is 47.1 Å². The minimum Gasteiger partial charge on any atom is -0.384 e. The number of carbonyl (C=O) groups is 1. The number of pyridine rings is 1. The highest BCUT2D eigenvalue weighted by Crippen LogP contribution is 2.55. The normalized spacial score (nSPS) is 14.3. The van der Waals surface area contributed by atoms with Crippen molar-refractivity contribution in [3.05, 3.63) is 71.5 Å². The Morgan fingerprint density at radius 2 is 1.83 bits per heavy atom. The molecule has 0 radical (unpaired) electrons. The van der Waals surface area contributed by atoms with Gasteiger partial charge in [0, 0.05) is 34.6 Å². The van der Waals surface area contributed by atoms with Crippen molar-refractivity contribution in [2.24, 2.45) is 0 Å². The van der Waals surface area contributed by atoms with Crippen molar-refractivity contribution in [3.63, 3.8) is 0 Å². The smallest absolute Gasteiger partial charge is 0.324 e. The molecule has 0 atom stereocenters. The van der Waals surface area contributed by atoms with Gasteiger partial charge in [-0.25, -0.2) is 33.1 Å². The van der Waals surface area contributed by atoms with Crippen LogP contribution in [0.4, 0.5) is 22.1 Å². The Morgan fingerprint density at radius 3 is 2.46 bits per heavy atom. The number of amides is 2. The average molecular weight is 508 g/mol. The molecule has 0 saturated heterocycles. The Labute approximate surface area is 205 Å². The molecule has 0 bridgehead atoms. The van der Waals surface area contributed by atoms with Crippen molar-refractivity contribution in [2.75, 3.05) is 16.4 Å². The lowest BCUT2D eigenvalue weighted by Crippen LogP contribution is -2.23. The molecule has 2 amide bonds. The molecule has 0 unspecified atom stereocenters. The van der Waals surface area contributed by atoms with E-state index in [9.17, 15) is 13.2 Å². The van der Waals surface area contributed by atoms with Gasteiger partial charge in [-0.15, -0.1) is 11.3 Å². The number of urea groups is 1. The zero-order valence-corrected chi connectivity index (χ0v) is 20.2. The quantitative estimate of drug-likeness (QED) is 0.354. The first kappa shape index (κ1) is 22.9. The number of nitrogens with two attached hydrogens (primary N) is 1. The van der Waals surface area contributed by atoms with Crippen molar-refractivity contribution in [3.8, 4) is 11.4 Å². The topological polar surface area (TPSA) is 153 Å². The molecular formula is C23H21N7O3S2. The lowest BCUT2D eigenvalue weighted by atomic mass is 10.1. The van der Waals surface area contributed by atoms with E-state index in [1.807, 2.05) is 0 Å². The van der Waals surface area contributed by atoms with Crippen LogP contribution in [-0.2, 0) is 14.6 Å². The number of thiazole rings is 1. The number of nitrogen functional groups attached to an aromatic ring is 1. The van der Waals surface area contributed by atoms with E-state index in [4.69, 9.17) is 5.73 Å². The molecule has 178 valence electrons. The van der Waals surface area contributed by atoms with E-state index in [1.165, 1.54) is 6.07 Å². The number of sulfone groups is 1. The first-order valence-electron chi connectivity index (χ1n) is 10.7. The van der Waals surface area contributed by atoms with Gasteiger partial charge in [-0.3, -0.25) is 5.32 Å². The third-order valence-electron chi connectivity index (χ3n) is 5.57. The van der Waals surface area contributed by atoms with Crippen LogP contribution in [0.15, 0.2) is 64.4 Å². The number of benzene rings is 1. The van der Waals surface area contributed by atoms with Crippen LogP contribution < -0.4 is 16.4 Å². The van der Waals surface area contributed by atoms with Gasteiger partial charge in [0.15, 0.2) is 5.82 Å². The van der Waals surface area contributed by atoms with Gasteiger partial charge < -0.3 is 11.1 Å². The third-order valence-corrected chi connectivity index (χ3v) is 9.46. The molecule has 1 aliphatic rings. The zero-order valence-electron chi connectivity index (χ0n) is 18.6. The molecular weight excluding hydrogens is 486 g/mol. The van der Waals surface area contributed by atoms with Crippen molar-refractivity contribution in [2.45, 2.75) is 28.9 Å². The Balaban J connectivity index is 1.38. The summed E-state index contributed by atoms with van der Waals surface area (Å²) in [4.78, 5) is 29.3. The number of nitrogens with zero attached hydrogens (tertiary/aromatic N) is 4. The molecule has 3 aromatic heterocycles. The number of carbonyl (C=O) groups excluding carboxylic acids is 1. The van der Waals surface area contributed by atoms with Crippen LogP contribution in [0.5, 0.6) is 0 Å². The number of aromatic nitrogens is 4. The molecule has 1 aromatic carbocycles. The highest BCUT2D eigenvalue weighted by atomic mass is 32.2. The first-order valence-corrected chi connectivity index (χ1v) is 13.0. The van der Waals surface area contributed by atoms with E-state index in [-0.39, 0.29) is 10.2 Å². The van der Waals surface area contributed by atoms with Crippen LogP contribution in [0.3, 0.4) is 0 Å². The van der Waals surface area contributed by atoms with Crippen LogP contribution in [0.1, 0.15) is 24.2 Å². The fraction of sp³-hybridized carbons (Fsp3) is 0.174. The molecule has 1 fully saturated rings. The molecule has 4 N–H and O–H groups in total. The van der Waals surface area contributed by atoms with Gasteiger partial charge in [0.05, 0.1) is 5.69 Å². The van der Waals surface area contributed by atoms with E-state index in [0.717, 1.165) is 11.3 Å². The van der Waals surface area contributed by atoms with Crippen LogP contribution in [-0.4, -0.2) is 34.4 Å². The van der Waals surface area contributed by atoms with Gasteiger partial charge in [0.1, 0.15) is 16.4 Å². The standard InChI is InChI=1S/C23H21N7O3S2/c1-14-13-34-22(26-14)35(32,33)23(9-10-23)17-12-18(24)29-20(28-17)15-5-7-16(8-6-15)27-21(31)30-19-4-2-3-11-25-19/h2-8,11-13H,9-10H2,1H3,(H2,24,28,29)(H2,25,27,30,31). The summed E-state index contributed by atoms with van der Waals surface area (Å²) in [7, 11) is -3.72. The van der Waals surface area contributed by atoms with Crippen LogP contribution in [0, 0.1) is 6.92 Å². The summed E-state index contributed by atoms with van der Waals surface area (Å²) in [5.41, 5.74) is 8.25. The summed E-state index contributed by atoms with van der Waals surface area (Å²) in [6, 6.07) is 13.1. The second kappa shape index (κ2) is 8.71. The predicted octanol–water partition coefficient (Wildman–Crippen LogP) is 3.99. The second-order valence-corrected chi connectivity index (χ2v) is 11.4. The van der Waals surface area contributed by atoms with Gasteiger partial charge in [-0.1, -0.05) is 6.07 Å². The molecule has 4 aromatic rings. The molecule has 10 nitrogen and oxygen atoms in total. The maximum absolute atomic E-state index is 13.4. The summed E-state index contributed by atoms with van der Waals surface area (Å²) in [5, 5.41) is 7.08. The summed E-state index contributed by atoms with van der Waals surface area (Å²) >= 11 is 1.11. The predicted molar refractivity (Wildman–Crippen MR) is 134 cm³/mol. The van der Waals surface area contributed by atoms with Crippen molar-refractivity contribution < 1.29 is 13.2 Å². The summed E-state index contributed by atoms with van der Waals surface area (Å²) in [6.45, 7) is 1.76. The van der Waals surface area contributed by atoms with Gasteiger partial charge in [0.2, 0.25) is 14.2 Å². The monoisotopic (exact) mass is 507 g/mol. The number of hydrogen-bond donors (Lipinski definition) is 3. The highest BCUT2D eigenvalue weighted by Gasteiger charge is 2.59. The number of aryl methyl sites for hydroxylation is 1. The molecule has 0 spiro atoms. The molecule has 3 heterocycles. The molecule has 5 rings (SSSR count). The lowest BCUT2D eigenvalue weighted by molar-refractivity contribution is 0.262. The van der Waals surface area contributed by atoms with E-state index in [1.54, 1.807) is 61.0 Å². The van der Waals surface area contributed by atoms with Crippen molar-refractivity contribution in [1.29, 1.82) is 0 Å². The van der Waals surface area contributed by atoms with Crippen molar-refractivity contribution in [1.82, 2.24) is 19.9 Å². The Hall–Kier alpha value is -3.90. The maximum Gasteiger partial charge on any atom is 0.324 e. The number of nitrogens with one attached hydrogen (secondary N) is 2. The van der Waals surface area contributed by atoms with E-state index in [2.05, 4.69) is 30.6 Å². The summed E-state index contributed by atoms with van der Waals surface area (Å²) in [5.74, 6) is 0.916. The minimum absolute atomic E-state index is 0.0886. The Morgan fingerprint density at radius 1 is 1.06 bits per heavy atom. The molecule has 1 aliphatic carbocycles. The number of rotatable bonds is 6. The van der Waals surface area contributed by atoms with Gasteiger partial charge in [-0.2, -0.15) is 0 Å². The second-order valence-electron chi connectivity index (χ2n) is 8.13. The zero-order chi connectivity index (χ0) is 24.6. The molecule has 1 saturated carbocycles. The van der Waals surface area contributed by atoms with Gasteiger partial charge >= 0.3 is 6.03 Å². The van der Waals surface area contributed by atoms with Crippen LogP contribution >= 0.6 is 11.3 Å². The van der Waals surface area contributed by atoms with Gasteiger partial charge in [-0.05, 0) is 56.2 Å². The Kier molecular flexibility index (Phi) is 5.69. The lowest BCUT2D eigenvalue weighted by Gasteiger charge is -2.15. The summed E-state index contributed by atoms with van der Waals surface area (Å²) < 4.78 is 25.7. The summed E-state index contributed by atoms with van der Waals surface area (Å²) in [6.07, 6.45) is 2.47. The Bertz CT molecular complexity index is 1500. The maximum atomic E-state index is 13.4. The van der Waals surface area contributed by atoms with Crippen LogP contribution in [0.2, 0.25) is 0 Å². The molecule has 12 heteroatoms. The third kappa shape index (κ3) is 4.45. The highest BCUT2D eigenvalue weighted by molar-refractivity contribution is 7.94.